The molecular formula is C22H26N4O3S. The van der Waals surface area contributed by atoms with Crippen LogP contribution in [0.5, 0.6) is 5.75 Å². The molecule has 0 amide bonds. The number of benzene rings is 1. The minimum atomic E-state index is -3.83. The van der Waals surface area contributed by atoms with E-state index in [1.165, 1.54) is 16.6 Å². The maximum absolute atomic E-state index is 13.2. The highest BCUT2D eigenvalue weighted by molar-refractivity contribution is 7.89. The predicted molar refractivity (Wildman–Crippen MR) is 116 cm³/mol. The molecule has 0 atom stereocenters. The lowest BCUT2D eigenvalue weighted by Gasteiger charge is -2.22. The van der Waals surface area contributed by atoms with Gasteiger partial charge in [-0.15, -0.1) is 0 Å². The number of nitrogens with zero attached hydrogens (tertiary/aromatic N) is 3. The summed E-state index contributed by atoms with van der Waals surface area (Å²) in [5, 5.41) is -0.00609. The zero-order valence-electron chi connectivity index (χ0n) is 16.9. The van der Waals surface area contributed by atoms with Crippen LogP contribution in [0.1, 0.15) is 31.0 Å². The molecule has 2 heterocycles. The SMILES string of the molecule is CCCCOc1ccc(CN(Cc2cccc(N)n2)S(=O)(=O)c2ccccn2)cc1. The van der Waals surface area contributed by atoms with Crippen molar-refractivity contribution in [3.8, 4) is 5.75 Å². The van der Waals surface area contributed by atoms with E-state index < -0.39 is 10.0 Å². The monoisotopic (exact) mass is 426 g/mol. The van der Waals surface area contributed by atoms with Gasteiger partial charge in [0.1, 0.15) is 11.6 Å². The van der Waals surface area contributed by atoms with Gasteiger partial charge in [-0.1, -0.05) is 37.6 Å². The first-order valence-corrected chi connectivity index (χ1v) is 11.3. The second kappa shape index (κ2) is 10.2. The van der Waals surface area contributed by atoms with E-state index >= 15 is 0 Å². The Labute approximate surface area is 177 Å². The zero-order valence-corrected chi connectivity index (χ0v) is 17.8. The predicted octanol–water partition coefficient (Wildman–Crippen LogP) is 3.63. The Hall–Kier alpha value is -2.97. The van der Waals surface area contributed by atoms with Crippen LogP contribution in [0.3, 0.4) is 0 Å². The van der Waals surface area contributed by atoms with Crippen LogP contribution in [-0.2, 0) is 23.1 Å². The van der Waals surface area contributed by atoms with Gasteiger partial charge in [-0.05, 0) is 48.4 Å². The molecule has 3 aromatic rings. The summed E-state index contributed by atoms with van der Waals surface area (Å²) >= 11 is 0. The molecule has 7 nitrogen and oxygen atoms in total. The number of ether oxygens (including phenoxy) is 1. The Bertz CT molecular complexity index is 1040. The quantitative estimate of drug-likeness (QED) is 0.497. The van der Waals surface area contributed by atoms with Crippen molar-refractivity contribution in [2.24, 2.45) is 0 Å². The van der Waals surface area contributed by atoms with Crippen LogP contribution < -0.4 is 10.5 Å². The maximum atomic E-state index is 13.2. The van der Waals surface area contributed by atoms with Gasteiger partial charge in [0.2, 0.25) is 0 Å². The number of hydrogen-bond acceptors (Lipinski definition) is 6. The largest absolute Gasteiger partial charge is 0.494 e. The molecule has 8 heteroatoms. The van der Waals surface area contributed by atoms with Gasteiger partial charge in [0.25, 0.3) is 10.0 Å². The molecule has 0 aliphatic rings. The van der Waals surface area contributed by atoms with Crippen molar-refractivity contribution in [3.63, 3.8) is 0 Å². The van der Waals surface area contributed by atoms with Crippen molar-refractivity contribution in [1.29, 1.82) is 0 Å². The summed E-state index contributed by atoms with van der Waals surface area (Å²) in [5.41, 5.74) is 7.17. The highest BCUT2D eigenvalue weighted by Crippen LogP contribution is 2.21. The van der Waals surface area contributed by atoms with Crippen molar-refractivity contribution >= 4 is 15.8 Å². The molecule has 0 saturated heterocycles. The first-order chi connectivity index (χ1) is 14.5. The topological polar surface area (TPSA) is 98.4 Å². The second-order valence-electron chi connectivity index (χ2n) is 6.84. The molecule has 2 N–H and O–H groups in total. The standard InChI is InChI=1S/C22H26N4O3S/c1-2-3-15-29-20-12-10-18(11-13-20)16-26(17-19-7-6-8-21(23)25-19)30(27,28)22-9-4-5-14-24-22/h4-14H,2-3,15-17H2,1H3,(H2,23,25). The van der Waals surface area contributed by atoms with Crippen molar-refractivity contribution in [2.75, 3.05) is 12.3 Å². The Balaban J connectivity index is 1.84. The van der Waals surface area contributed by atoms with E-state index in [9.17, 15) is 8.42 Å². The van der Waals surface area contributed by atoms with Crippen LogP contribution in [0.15, 0.2) is 71.9 Å². The van der Waals surface area contributed by atoms with Crippen LogP contribution in [0.25, 0.3) is 0 Å². The summed E-state index contributed by atoms with van der Waals surface area (Å²) in [4.78, 5) is 8.28. The minimum Gasteiger partial charge on any atom is -0.494 e. The Kier molecular flexibility index (Phi) is 7.37. The molecule has 0 bridgehead atoms. The van der Waals surface area contributed by atoms with Crippen molar-refractivity contribution in [3.05, 3.63) is 78.1 Å². The zero-order chi connectivity index (χ0) is 21.4. The van der Waals surface area contributed by atoms with Crippen LogP contribution in [0.2, 0.25) is 0 Å². The van der Waals surface area contributed by atoms with E-state index in [-0.39, 0.29) is 18.1 Å². The molecule has 0 fully saturated rings. The minimum absolute atomic E-state index is 0.00609. The number of sulfonamides is 1. The number of pyridine rings is 2. The smallest absolute Gasteiger partial charge is 0.261 e. The average molecular weight is 427 g/mol. The molecule has 1 aromatic carbocycles. The average Bonchev–Trinajstić information content (AvgIpc) is 2.75. The van der Waals surface area contributed by atoms with Gasteiger partial charge in [-0.3, -0.25) is 0 Å². The molecule has 0 aliphatic heterocycles. The molecule has 2 aromatic heterocycles. The van der Waals surface area contributed by atoms with Crippen molar-refractivity contribution in [2.45, 2.75) is 37.9 Å². The molecule has 0 saturated carbocycles. The number of aromatic nitrogens is 2. The lowest BCUT2D eigenvalue weighted by atomic mass is 10.2. The van der Waals surface area contributed by atoms with Crippen LogP contribution in [-0.4, -0.2) is 29.3 Å². The van der Waals surface area contributed by atoms with Gasteiger partial charge in [-0.2, -0.15) is 4.31 Å². The summed E-state index contributed by atoms with van der Waals surface area (Å²) in [6.45, 7) is 3.03. The lowest BCUT2D eigenvalue weighted by Crippen LogP contribution is -2.31. The first kappa shape index (κ1) is 21.7. The molecule has 30 heavy (non-hydrogen) atoms. The summed E-state index contributed by atoms with van der Waals surface area (Å²) in [7, 11) is -3.83. The highest BCUT2D eigenvalue weighted by Gasteiger charge is 2.26. The number of unbranched alkanes of at least 4 members (excludes halogenated alkanes) is 1. The van der Waals surface area contributed by atoms with Gasteiger partial charge in [0.15, 0.2) is 5.03 Å². The third-order valence-corrected chi connectivity index (χ3v) is 6.17. The fraction of sp³-hybridized carbons (Fsp3) is 0.273. The van der Waals surface area contributed by atoms with E-state index in [0.717, 1.165) is 24.2 Å². The second-order valence-corrected chi connectivity index (χ2v) is 8.73. The number of rotatable bonds is 10. The fourth-order valence-corrected chi connectivity index (χ4v) is 4.18. The van der Waals surface area contributed by atoms with Gasteiger partial charge in [0, 0.05) is 12.7 Å². The molecule has 0 spiro atoms. The van der Waals surface area contributed by atoms with Crippen molar-refractivity contribution < 1.29 is 13.2 Å². The van der Waals surface area contributed by atoms with E-state index in [4.69, 9.17) is 10.5 Å². The maximum Gasteiger partial charge on any atom is 0.261 e. The van der Waals surface area contributed by atoms with Crippen LogP contribution in [0.4, 0.5) is 5.82 Å². The van der Waals surface area contributed by atoms with Crippen LogP contribution >= 0.6 is 0 Å². The van der Waals surface area contributed by atoms with E-state index in [1.807, 2.05) is 24.3 Å². The molecule has 3 rings (SSSR count). The molecule has 0 unspecified atom stereocenters. The van der Waals surface area contributed by atoms with E-state index in [2.05, 4.69) is 16.9 Å². The van der Waals surface area contributed by atoms with E-state index in [1.54, 1.807) is 30.3 Å². The summed E-state index contributed by atoms with van der Waals surface area (Å²) in [6.07, 6.45) is 3.52. The molecule has 0 aliphatic carbocycles. The highest BCUT2D eigenvalue weighted by atomic mass is 32.2. The van der Waals surface area contributed by atoms with Gasteiger partial charge in [0.05, 0.1) is 18.8 Å². The molecular weight excluding hydrogens is 400 g/mol. The number of nitrogens with two attached hydrogens (primary N) is 1. The normalized spacial score (nSPS) is 11.5. The van der Waals surface area contributed by atoms with Crippen LogP contribution in [0, 0.1) is 0 Å². The van der Waals surface area contributed by atoms with Gasteiger partial charge < -0.3 is 10.5 Å². The third kappa shape index (κ3) is 5.77. The Morgan fingerprint density at radius 2 is 1.80 bits per heavy atom. The Morgan fingerprint density at radius 1 is 1.00 bits per heavy atom. The lowest BCUT2D eigenvalue weighted by molar-refractivity contribution is 0.309. The summed E-state index contributed by atoms with van der Waals surface area (Å²) in [6, 6.07) is 17.4. The van der Waals surface area contributed by atoms with Crippen molar-refractivity contribution in [1.82, 2.24) is 14.3 Å². The van der Waals surface area contributed by atoms with Gasteiger partial charge in [-0.25, -0.2) is 18.4 Å². The fourth-order valence-electron chi connectivity index (χ4n) is 2.85. The summed E-state index contributed by atoms with van der Waals surface area (Å²) in [5.74, 6) is 1.11. The molecule has 158 valence electrons. The Morgan fingerprint density at radius 3 is 2.47 bits per heavy atom. The summed E-state index contributed by atoms with van der Waals surface area (Å²) < 4.78 is 33.5. The van der Waals surface area contributed by atoms with Gasteiger partial charge >= 0.3 is 0 Å². The molecule has 0 radical (unpaired) electrons. The van der Waals surface area contributed by atoms with E-state index in [0.29, 0.717) is 18.1 Å². The number of anilines is 1. The third-order valence-electron chi connectivity index (χ3n) is 4.46. The number of nitrogen functional groups attached to an aromatic ring is 1. The number of hydrogen-bond donors (Lipinski definition) is 1. The first-order valence-electron chi connectivity index (χ1n) is 9.83.